The Hall–Kier alpha value is -1.15. The predicted molar refractivity (Wildman–Crippen MR) is 78.1 cm³/mol. The molecule has 1 amide bonds. The molecule has 0 aromatic heterocycles. The van der Waals surface area contributed by atoms with Crippen LogP contribution in [-0.2, 0) is 24.3 Å². The van der Waals surface area contributed by atoms with E-state index in [2.05, 4.69) is 4.74 Å². The maximum absolute atomic E-state index is 12.4. The number of hydrogen-bond acceptors (Lipinski definition) is 5. The monoisotopic (exact) mass is 320 g/mol. The first-order valence-electron chi connectivity index (χ1n) is 7.14. The molecule has 0 saturated carbocycles. The maximum atomic E-state index is 12.4. The van der Waals surface area contributed by atoms with E-state index in [0.717, 1.165) is 0 Å². The molecule has 0 aromatic rings. The molecule has 0 aromatic carbocycles. The fraction of sp³-hybridized carbons (Fsp3) is 0.846. The van der Waals surface area contributed by atoms with Crippen LogP contribution in [0.1, 0.15) is 32.6 Å². The van der Waals surface area contributed by atoms with Gasteiger partial charge < -0.3 is 9.64 Å². The number of nitrogens with zero attached hydrogens (tertiary/aromatic N) is 2. The molecule has 1 fully saturated rings. The third-order valence-corrected chi connectivity index (χ3v) is 5.64. The molecule has 1 heterocycles. The third kappa shape index (κ3) is 4.67. The summed E-state index contributed by atoms with van der Waals surface area (Å²) in [7, 11) is -0.510. The van der Waals surface area contributed by atoms with Gasteiger partial charge in [-0.3, -0.25) is 9.59 Å². The van der Waals surface area contributed by atoms with Crippen LogP contribution in [0.25, 0.3) is 0 Å². The van der Waals surface area contributed by atoms with Crippen molar-refractivity contribution < 1.29 is 22.7 Å². The van der Waals surface area contributed by atoms with E-state index in [1.807, 2.05) is 0 Å². The third-order valence-electron chi connectivity index (χ3n) is 3.56. The van der Waals surface area contributed by atoms with Crippen LogP contribution in [0.2, 0.25) is 0 Å². The van der Waals surface area contributed by atoms with Gasteiger partial charge in [0.15, 0.2) is 0 Å². The van der Waals surface area contributed by atoms with Gasteiger partial charge in [0.2, 0.25) is 15.9 Å². The Morgan fingerprint density at radius 3 is 2.62 bits per heavy atom. The predicted octanol–water partition coefficient (Wildman–Crippen LogP) is 0.212. The molecular weight excluding hydrogens is 296 g/mol. The summed E-state index contributed by atoms with van der Waals surface area (Å²) in [5.74, 6) is -0.588. The minimum atomic E-state index is -3.38. The van der Waals surface area contributed by atoms with Crippen molar-refractivity contribution in [1.29, 1.82) is 0 Å². The first-order chi connectivity index (χ1) is 9.83. The van der Waals surface area contributed by atoms with E-state index >= 15 is 0 Å². The van der Waals surface area contributed by atoms with Crippen molar-refractivity contribution in [3.63, 3.8) is 0 Å². The summed E-state index contributed by atoms with van der Waals surface area (Å²) in [6.07, 6.45) is 1.85. The van der Waals surface area contributed by atoms with Gasteiger partial charge in [-0.1, -0.05) is 6.92 Å². The Labute approximate surface area is 126 Å². The molecule has 1 unspecified atom stereocenters. The van der Waals surface area contributed by atoms with Crippen LogP contribution in [-0.4, -0.2) is 68.5 Å². The lowest BCUT2D eigenvalue weighted by molar-refractivity contribution is -0.141. The first kappa shape index (κ1) is 17.9. The molecule has 0 aliphatic carbocycles. The summed E-state index contributed by atoms with van der Waals surface area (Å²) in [4.78, 5) is 24.9. The smallest absolute Gasteiger partial charge is 0.307 e. The Morgan fingerprint density at radius 2 is 2.05 bits per heavy atom. The number of methoxy groups -OCH3 is 1. The number of sulfonamides is 1. The molecule has 21 heavy (non-hydrogen) atoms. The van der Waals surface area contributed by atoms with Crippen LogP contribution in [0.15, 0.2) is 0 Å². The van der Waals surface area contributed by atoms with Crippen LogP contribution in [0.4, 0.5) is 0 Å². The molecule has 1 saturated heterocycles. The molecule has 0 spiro atoms. The van der Waals surface area contributed by atoms with Crippen molar-refractivity contribution in [2.75, 3.05) is 33.0 Å². The number of rotatable bonds is 7. The second kappa shape index (κ2) is 7.74. The maximum Gasteiger partial charge on any atom is 0.307 e. The summed E-state index contributed by atoms with van der Waals surface area (Å²) in [6.45, 7) is 2.42. The van der Waals surface area contributed by atoms with Gasteiger partial charge in [-0.15, -0.1) is 0 Å². The second-order valence-electron chi connectivity index (χ2n) is 5.17. The van der Waals surface area contributed by atoms with E-state index in [1.165, 1.54) is 16.3 Å². The Bertz CT molecular complexity index is 477. The molecule has 8 heteroatoms. The number of amides is 1. The summed E-state index contributed by atoms with van der Waals surface area (Å²) in [6, 6.07) is -0.635. The number of carbonyl (C=O) groups excluding carboxylic acids is 2. The molecular formula is C13H24N2O5S. The molecule has 122 valence electrons. The van der Waals surface area contributed by atoms with Gasteiger partial charge in [0, 0.05) is 20.1 Å². The molecule has 0 bridgehead atoms. The topological polar surface area (TPSA) is 84.0 Å². The second-order valence-corrected chi connectivity index (χ2v) is 7.21. The lowest BCUT2D eigenvalue weighted by atomic mass is 10.2. The fourth-order valence-electron chi connectivity index (χ4n) is 2.42. The molecule has 1 rings (SSSR count). The van der Waals surface area contributed by atoms with Gasteiger partial charge in [-0.2, -0.15) is 4.31 Å². The molecule has 1 aliphatic rings. The van der Waals surface area contributed by atoms with E-state index in [4.69, 9.17) is 0 Å². The summed E-state index contributed by atoms with van der Waals surface area (Å²) >= 11 is 0. The largest absolute Gasteiger partial charge is 0.469 e. The Balaban J connectivity index is 2.69. The van der Waals surface area contributed by atoms with E-state index in [1.54, 1.807) is 14.0 Å². The molecule has 7 nitrogen and oxygen atoms in total. The quantitative estimate of drug-likeness (QED) is 0.626. The summed E-state index contributed by atoms with van der Waals surface area (Å²) in [5, 5.41) is 0. The van der Waals surface area contributed by atoms with Crippen LogP contribution < -0.4 is 0 Å². The normalized spacial score (nSPS) is 19.5. The van der Waals surface area contributed by atoms with Gasteiger partial charge in [0.05, 0.1) is 19.3 Å². The lowest BCUT2D eigenvalue weighted by Gasteiger charge is -2.27. The summed E-state index contributed by atoms with van der Waals surface area (Å²) < 4.78 is 30.2. The van der Waals surface area contributed by atoms with Crippen molar-refractivity contribution >= 4 is 21.9 Å². The zero-order valence-corrected chi connectivity index (χ0v) is 13.7. The van der Waals surface area contributed by atoms with Crippen LogP contribution in [0.5, 0.6) is 0 Å². The average molecular weight is 320 g/mol. The van der Waals surface area contributed by atoms with E-state index in [9.17, 15) is 18.0 Å². The Kier molecular flexibility index (Phi) is 6.60. The molecule has 0 N–H and O–H groups in total. The molecule has 1 aliphatic heterocycles. The minimum Gasteiger partial charge on any atom is -0.469 e. The zero-order chi connectivity index (χ0) is 16.0. The molecule has 1 atom stereocenters. The standard InChI is InChI=1S/C13H24N2O5S/c1-4-10-21(18,19)15-8-5-6-11(15)13(17)14(2)9-7-12(16)20-3/h11H,4-10H2,1-3H3. The van der Waals surface area contributed by atoms with Crippen molar-refractivity contribution in [3.8, 4) is 0 Å². The highest BCUT2D eigenvalue weighted by Crippen LogP contribution is 2.23. The first-order valence-corrected chi connectivity index (χ1v) is 8.75. The Morgan fingerprint density at radius 1 is 1.38 bits per heavy atom. The minimum absolute atomic E-state index is 0.0582. The average Bonchev–Trinajstić information content (AvgIpc) is 2.93. The fourth-order valence-corrected chi connectivity index (χ4v) is 4.16. The highest BCUT2D eigenvalue weighted by Gasteiger charge is 2.39. The number of hydrogen-bond donors (Lipinski definition) is 0. The highest BCUT2D eigenvalue weighted by atomic mass is 32.2. The number of carbonyl (C=O) groups is 2. The molecule has 0 radical (unpaired) electrons. The van der Waals surface area contributed by atoms with Gasteiger partial charge in [-0.25, -0.2) is 8.42 Å². The number of esters is 1. The van der Waals surface area contributed by atoms with Crippen molar-refractivity contribution in [2.24, 2.45) is 0 Å². The van der Waals surface area contributed by atoms with Gasteiger partial charge >= 0.3 is 5.97 Å². The van der Waals surface area contributed by atoms with E-state index < -0.39 is 22.0 Å². The van der Waals surface area contributed by atoms with Gasteiger partial charge in [0.1, 0.15) is 6.04 Å². The van der Waals surface area contributed by atoms with E-state index in [-0.39, 0.29) is 24.6 Å². The number of likely N-dealkylation sites (N-methyl/N-ethyl adjacent to an activating group) is 1. The van der Waals surface area contributed by atoms with Crippen LogP contribution >= 0.6 is 0 Å². The number of ether oxygens (including phenoxy) is 1. The van der Waals surface area contributed by atoms with Gasteiger partial charge in [0.25, 0.3) is 0 Å². The zero-order valence-electron chi connectivity index (χ0n) is 12.9. The van der Waals surface area contributed by atoms with Crippen molar-refractivity contribution in [3.05, 3.63) is 0 Å². The summed E-state index contributed by atoms with van der Waals surface area (Å²) in [5.41, 5.74) is 0. The van der Waals surface area contributed by atoms with Crippen LogP contribution in [0, 0.1) is 0 Å². The van der Waals surface area contributed by atoms with Crippen molar-refractivity contribution in [1.82, 2.24) is 9.21 Å². The SMILES string of the molecule is CCCS(=O)(=O)N1CCCC1C(=O)N(C)CCC(=O)OC. The van der Waals surface area contributed by atoms with E-state index in [0.29, 0.717) is 25.8 Å². The van der Waals surface area contributed by atoms with Gasteiger partial charge in [-0.05, 0) is 19.3 Å². The lowest BCUT2D eigenvalue weighted by Crippen LogP contribution is -2.47. The highest BCUT2D eigenvalue weighted by molar-refractivity contribution is 7.89. The van der Waals surface area contributed by atoms with Crippen LogP contribution in [0.3, 0.4) is 0 Å². The van der Waals surface area contributed by atoms with Crippen molar-refractivity contribution in [2.45, 2.75) is 38.6 Å².